The number of methoxy groups -OCH3 is 1. The van der Waals surface area contributed by atoms with Crippen molar-refractivity contribution in [2.45, 2.75) is 32.5 Å². The van der Waals surface area contributed by atoms with Crippen molar-refractivity contribution >= 4 is 5.91 Å². The molecule has 2 heterocycles. The van der Waals surface area contributed by atoms with Gasteiger partial charge in [-0.05, 0) is 19.9 Å². The summed E-state index contributed by atoms with van der Waals surface area (Å²) in [5, 5.41) is 12.8. The predicted octanol–water partition coefficient (Wildman–Crippen LogP) is 1.15. The van der Waals surface area contributed by atoms with Gasteiger partial charge in [0.2, 0.25) is 5.75 Å². The van der Waals surface area contributed by atoms with Crippen LogP contribution in [0.15, 0.2) is 29.1 Å². The van der Waals surface area contributed by atoms with Crippen LogP contribution in [0.3, 0.4) is 0 Å². The predicted molar refractivity (Wildman–Crippen MR) is 93.3 cm³/mol. The zero-order valence-corrected chi connectivity index (χ0v) is 14.9. The lowest BCUT2D eigenvalue weighted by molar-refractivity contribution is -0.0566. The lowest BCUT2D eigenvalue weighted by atomic mass is 10.1. The maximum atomic E-state index is 12.5. The third kappa shape index (κ3) is 3.15. The van der Waals surface area contributed by atoms with E-state index in [0.29, 0.717) is 18.2 Å². The van der Waals surface area contributed by atoms with Crippen LogP contribution in [0.1, 0.15) is 35.7 Å². The Morgan fingerprint density at radius 3 is 2.88 bits per heavy atom. The number of aromatic hydroxyl groups is 1. The van der Waals surface area contributed by atoms with E-state index in [9.17, 15) is 14.7 Å². The molecule has 0 saturated carbocycles. The molecule has 0 saturated heterocycles. The fourth-order valence-electron chi connectivity index (χ4n) is 2.93. The fourth-order valence-corrected chi connectivity index (χ4v) is 2.93. The molecule has 8 heteroatoms. The van der Waals surface area contributed by atoms with Crippen LogP contribution >= 0.6 is 0 Å². The number of aromatic nitrogens is 2. The van der Waals surface area contributed by atoms with Gasteiger partial charge in [-0.1, -0.05) is 18.2 Å². The van der Waals surface area contributed by atoms with E-state index in [1.54, 1.807) is 27.0 Å². The molecule has 0 radical (unpaired) electrons. The van der Waals surface area contributed by atoms with Crippen molar-refractivity contribution in [1.82, 2.24) is 14.9 Å². The Morgan fingerprint density at radius 2 is 2.15 bits per heavy atom. The van der Waals surface area contributed by atoms with Crippen molar-refractivity contribution < 1.29 is 19.4 Å². The highest BCUT2D eigenvalue weighted by Crippen LogP contribution is 2.27. The molecule has 1 aliphatic rings. The van der Waals surface area contributed by atoms with Crippen molar-refractivity contribution in [2.24, 2.45) is 0 Å². The van der Waals surface area contributed by atoms with Gasteiger partial charge >= 0.3 is 0 Å². The first-order valence-corrected chi connectivity index (χ1v) is 8.23. The molecule has 0 atom stereocenters. The first kappa shape index (κ1) is 17.9. The lowest BCUT2D eigenvalue weighted by Crippen LogP contribution is -2.42. The first-order valence-electron chi connectivity index (χ1n) is 8.23. The summed E-state index contributed by atoms with van der Waals surface area (Å²) in [4.78, 5) is 29.2. The van der Waals surface area contributed by atoms with Crippen LogP contribution in [0.5, 0.6) is 11.5 Å². The average molecular weight is 359 g/mol. The third-order valence-electron chi connectivity index (χ3n) is 4.31. The molecule has 1 amide bonds. The number of amides is 1. The smallest absolute Gasteiger partial charge is 0.296 e. The Balaban J connectivity index is 1.90. The second kappa shape index (κ2) is 6.80. The van der Waals surface area contributed by atoms with Crippen LogP contribution in [0.2, 0.25) is 0 Å². The number of rotatable bonds is 4. The Kier molecular flexibility index (Phi) is 4.69. The van der Waals surface area contributed by atoms with Crippen LogP contribution in [0, 0.1) is 0 Å². The van der Waals surface area contributed by atoms with Crippen LogP contribution in [0.25, 0.3) is 0 Å². The summed E-state index contributed by atoms with van der Waals surface area (Å²) in [6, 6.07) is 7.24. The molecule has 2 aromatic rings. The van der Waals surface area contributed by atoms with E-state index in [-0.39, 0.29) is 18.8 Å². The number of hydrogen-bond acceptors (Lipinski definition) is 6. The molecule has 2 N–H and O–H groups in total. The zero-order valence-electron chi connectivity index (χ0n) is 14.9. The standard InChI is InChI=1S/C18H21N3O5/c1-18(2)17-20-13(14(22)16(24)21(17)8-9-26-18)15(23)19-10-11-6-4-5-7-12(11)25-3/h4-7,22H,8-10H2,1-3H3,(H,19,23). The van der Waals surface area contributed by atoms with Crippen molar-refractivity contribution in [3.8, 4) is 11.5 Å². The minimum absolute atomic E-state index is 0.169. The third-order valence-corrected chi connectivity index (χ3v) is 4.31. The molecule has 0 bridgehead atoms. The summed E-state index contributed by atoms with van der Waals surface area (Å²) in [6.07, 6.45) is 0. The summed E-state index contributed by atoms with van der Waals surface area (Å²) in [6.45, 7) is 4.31. The summed E-state index contributed by atoms with van der Waals surface area (Å²) < 4.78 is 12.2. The molecule has 138 valence electrons. The molecule has 1 aliphatic heterocycles. The molecular formula is C18H21N3O5. The van der Waals surface area contributed by atoms with Crippen molar-refractivity contribution in [3.05, 3.63) is 51.7 Å². The van der Waals surface area contributed by atoms with Gasteiger partial charge in [0.25, 0.3) is 11.5 Å². The van der Waals surface area contributed by atoms with E-state index in [4.69, 9.17) is 9.47 Å². The molecule has 0 unspecified atom stereocenters. The normalized spacial score (nSPS) is 15.2. The van der Waals surface area contributed by atoms with Crippen LogP contribution in [-0.4, -0.2) is 34.3 Å². The average Bonchev–Trinajstić information content (AvgIpc) is 2.62. The van der Waals surface area contributed by atoms with Gasteiger partial charge in [-0.25, -0.2) is 4.98 Å². The summed E-state index contributed by atoms with van der Waals surface area (Å²) in [5.41, 5.74) is -1.02. The SMILES string of the molecule is COc1ccccc1CNC(=O)c1nc2n(c(=O)c1O)CCOC2(C)C. The van der Waals surface area contributed by atoms with Gasteiger partial charge in [0.05, 0.1) is 20.3 Å². The molecule has 26 heavy (non-hydrogen) atoms. The Morgan fingerprint density at radius 1 is 1.42 bits per heavy atom. The van der Waals surface area contributed by atoms with Crippen molar-refractivity contribution in [1.29, 1.82) is 0 Å². The Hall–Kier alpha value is -2.87. The Labute approximate surface area is 150 Å². The molecule has 0 aliphatic carbocycles. The van der Waals surface area contributed by atoms with Gasteiger partial charge in [0, 0.05) is 12.1 Å². The van der Waals surface area contributed by atoms with E-state index in [0.717, 1.165) is 5.56 Å². The molecule has 3 rings (SSSR count). The maximum absolute atomic E-state index is 12.5. The molecule has 8 nitrogen and oxygen atoms in total. The number of benzene rings is 1. The number of hydrogen-bond donors (Lipinski definition) is 2. The van der Waals surface area contributed by atoms with Gasteiger partial charge in [0.15, 0.2) is 5.69 Å². The highest BCUT2D eigenvalue weighted by molar-refractivity contribution is 5.94. The molecule has 0 fully saturated rings. The molecule has 0 spiro atoms. The Bertz CT molecular complexity index is 904. The van der Waals surface area contributed by atoms with E-state index in [1.807, 2.05) is 18.2 Å². The summed E-state index contributed by atoms with van der Waals surface area (Å²) in [7, 11) is 1.54. The van der Waals surface area contributed by atoms with E-state index >= 15 is 0 Å². The largest absolute Gasteiger partial charge is 0.501 e. The van der Waals surface area contributed by atoms with Crippen molar-refractivity contribution in [3.63, 3.8) is 0 Å². The molecule has 1 aromatic heterocycles. The zero-order chi connectivity index (χ0) is 18.9. The highest BCUT2D eigenvalue weighted by atomic mass is 16.5. The van der Waals surface area contributed by atoms with E-state index < -0.39 is 22.8 Å². The van der Waals surface area contributed by atoms with Crippen molar-refractivity contribution in [2.75, 3.05) is 13.7 Å². The summed E-state index contributed by atoms with van der Waals surface area (Å²) >= 11 is 0. The highest BCUT2D eigenvalue weighted by Gasteiger charge is 2.34. The van der Waals surface area contributed by atoms with Gasteiger partial charge in [0.1, 0.15) is 17.2 Å². The number of carbonyl (C=O) groups excluding carboxylic acids is 1. The number of ether oxygens (including phenoxy) is 2. The van der Waals surface area contributed by atoms with E-state index in [2.05, 4.69) is 10.3 Å². The van der Waals surface area contributed by atoms with Gasteiger partial charge in [-0.2, -0.15) is 0 Å². The fraction of sp³-hybridized carbons (Fsp3) is 0.389. The second-order valence-electron chi connectivity index (χ2n) is 6.44. The maximum Gasteiger partial charge on any atom is 0.296 e. The monoisotopic (exact) mass is 359 g/mol. The molecular weight excluding hydrogens is 338 g/mol. The minimum Gasteiger partial charge on any atom is -0.501 e. The minimum atomic E-state index is -0.831. The quantitative estimate of drug-likeness (QED) is 0.849. The number of fused-ring (bicyclic) bond motifs is 1. The van der Waals surface area contributed by atoms with Crippen LogP contribution in [-0.2, 0) is 23.4 Å². The summed E-state index contributed by atoms with van der Waals surface area (Å²) in [5.74, 6) is -0.363. The number of para-hydroxylation sites is 1. The lowest BCUT2D eigenvalue weighted by Gasteiger charge is -2.32. The van der Waals surface area contributed by atoms with Gasteiger partial charge in [-0.15, -0.1) is 0 Å². The first-order chi connectivity index (χ1) is 12.3. The number of carbonyl (C=O) groups is 1. The molecule has 1 aromatic carbocycles. The van der Waals surface area contributed by atoms with Gasteiger partial charge in [-0.3, -0.25) is 14.2 Å². The van der Waals surface area contributed by atoms with Gasteiger partial charge < -0.3 is 19.9 Å². The number of nitrogens with zero attached hydrogens (tertiary/aromatic N) is 2. The van der Waals surface area contributed by atoms with Crippen LogP contribution in [0.4, 0.5) is 0 Å². The second-order valence-corrected chi connectivity index (χ2v) is 6.44. The topological polar surface area (TPSA) is 103 Å². The van der Waals surface area contributed by atoms with E-state index in [1.165, 1.54) is 4.57 Å². The number of nitrogens with one attached hydrogen (secondary N) is 1. The van der Waals surface area contributed by atoms with Crippen LogP contribution < -0.4 is 15.6 Å².